The number of aliphatic hydroxyl groups excluding tert-OH is 1. The standard InChI is InChI=1S/C17H20N2O2/c1-19(2)11-13-3-7-15(8-4-13)17(21)18-16-9-5-14(12-20)6-10-16/h3-10,20H,11-12H2,1-2H3,(H,18,21). The van der Waals surface area contributed by atoms with E-state index in [1.165, 1.54) is 5.56 Å². The molecule has 0 aliphatic rings. The summed E-state index contributed by atoms with van der Waals surface area (Å²) in [6, 6.07) is 14.7. The molecule has 0 bridgehead atoms. The molecule has 0 heterocycles. The molecule has 110 valence electrons. The summed E-state index contributed by atoms with van der Waals surface area (Å²) in [5, 5.41) is 11.8. The van der Waals surface area contributed by atoms with E-state index in [2.05, 4.69) is 10.2 Å². The fourth-order valence-corrected chi connectivity index (χ4v) is 2.02. The molecule has 4 heteroatoms. The van der Waals surface area contributed by atoms with E-state index < -0.39 is 0 Å². The van der Waals surface area contributed by atoms with E-state index in [0.717, 1.165) is 17.8 Å². The first-order chi connectivity index (χ1) is 10.1. The summed E-state index contributed by atoms with van der Waals surface area (Å²) in [5.41, 5.74) is 3.34. The first-order valence-electron chi connectivity index (χ1n) is 6.83. The zero-order chi connectivity index (χ0) is 15.2. The van der Waals surface area contributed by atoms with Gasteiger partial charge in [-0.05, 0) is 49.5 Å². The Morgan fingerprint density at radius 3 is 2.10 bits per heavy atom. The number of carbonyl (C=O) groups is 1. The van der Waals surface area contributed by atoms with Crippen molar-refractivity contribution in [3.8, 4) is 0 Å². The SMILES string of the molecule is CN(C)Cc1ccc(C(=O)Nc2ccc(CO)cc2)cc1. The molecule has 0 spiro atoms. The Bertz CT molecular complexity index is 589. The predicted molar refractivity (Wildman–Crippen MR) is 84.2 cm³/mol. The van der Waals surface area contributed by atoms with Crippen molar-refractivity contribution < 1.29 is 9.90 Å². The highest BCUT2D eigenvalue weighted by Gasteiger charge is 2.06. The Morgan fingerprint density at radius 2 is 1.57 bits per heavy atom. The van der Waals surface area contributed by atoms with Crippen LogP contribution in [0.4, 0.5) is 5.69 Å². The molecular formula is C17H20N2O2. The van der Waals surface area contributed by atoms with Crippen LogP contribution in [-0.4, -0.2) is 30.0 Å². The van der Waals surface area contributed by atoms with Crippen molar-refractivity contribution in [1.29, 1.82) is 0 Å². The highest BCUT2D eigenvalue weighted by atomic mass is 16.3. The number of hydrogen-bond acceptors (Lipinski definition) is 3. The van der Waals surface area contributed by atoms with Gasteiger partial charge in [-0.25, -0.2) is 0 Å². The minimum absolute atomic E-state index is 0.00155. The molecule has 0 atom stereocenters. The van der Waals surface area contributed by atoms with E-state index in [1.807, 2.05) is 38.4 Å². The number of nitrogens with one attached hydrogen (secondary N) is 1. The van der Waals surface area contributed by atoms with E-state index in [0.29, 0.717) is 5.56 Å². The van der Waals surface area contributed by atoms with Crippen LogP contribution in [0.2, 0.25) is 0 Å². The lowest BCUT2D eigenvalue weighted by Gasteiger charge is -2.10. The number of anilines is 1. The highest BCUT2D eigenvalue weighted by Crippen LogP contribution is 2.12. The summed E-state index contributed by atoms with van der Waals surface area (Å²) in [7, 11) is 4.02. The lowest BCUT2D eigenvalue weighted by Crippen LogP contribution is -2.13. The van der Waals surface area contributed by atoms with E-state index in [9.17, 15) is 4.79 Å². The van der Waals surface area contributed by atoms with Crippen LogP contribution in [0.5, 0.6) is 0 Å². The summed E-state index contributed by atoms with van der Waals surface area (Å²) in [6.07, 6.45) is 0. The molecule has 0 fully saturated rings. The van der Waals surface area contributed by atoms with E-state index >= 15 is 0 Å². The monoisotopic (exact) mass is 284 g/mol. The molecule has 0 unspecified atom stereocenters. The molecule has 2 N–H and O–H groups in total. The first-order valence-corrected chi connectivity index (χ1v) is 6.83. The van der Waals surface area contributed by atoms with Gasteiger partial charge in [-0.3, -0.25) is 4.79 Å². The second-order valence-electron chi connectivity index (χ2n) is 5.24. The zero-order valence-corrected chi connectivity index (χ0v) is 12.3. The van der Waals surface area contributed by atoms with Crippen molar-refractivity contribution >= 4 is 11.6 Å². The maximum atomic E-state index is 12.1. The number of nitrogens with zero attached hydrogens (tertiary/aromatic N) is 1. The van der Waals surface area contributed by atoms with Crippen LogP contribution < -0.4 is 5.32 Å². The van der Waals surface area contributed by atoms with Crippen molar-refractivity contribution in [3.05, 3.63) is 65.2 Å². The third kappa shape index (κ3) is 4.41. The van der Waals surface area contributed by atoms with Gasteiger partial charge in [-0.2, -0.15) is 0 Å². The van der Waals surface area contributed by atoms with Gasteiger partial charge in [0.1, 0.15) is 0 Å². The lowest BCUT2D eigenvalue weighted by molar-refractivity contribution is 0.102. The molecular weight excluding hydrogens is 264 g/mol. The second-order valence-corrected chi connectivity index (χ2v) is 5.24. The molecule has 0 saturated carbocycles. The second kappa shape index (κ2) is 7.02. The summed E-state index contributed by atoms with van der Waals surface area (Å²) >= 11 is 0. The number of rotatable bonds is 5. The lowest BCUT2D eigenvalue weighted by atomic mass is 10.1. The van der Waals surface area contributed by atoms with Crippen molar-refractivity contribution in [2.24, 2.45) is 0 Å². The normalized spacial score (nSPS) is 10.7. The minimum Gasteiger partial charge on any atom is -0.392 e. The van der Waals surface area contributed by atoms with E-state index in [4.69, 9.17) is 5.11 Å². The van der Waals surface area contributed by atoms with Gasteiger partial charge in [0.25, 0.3) is 5.91 Å². The predicted octanol–water partition coefficient (Wildman–Crippen LogP) is 2.49. The van der Waals surface area contributed by atoms with Crippen molar-refractivity contribution in [1.82, 2.24) is 4.90 Å². The average molecular weight is 284 g/mol. The Hall–Kier alpha value is -2.17. The maximum absolute atomic E-state index is 12.1. The largest absolute Gasteiger partial charge is 0.392 e. The van der Waals surface area contributed by atoms with Gasteiger partial charge in [0.15, 0.2) is 0 Å². The van der Waals surface area contributed by atoms with Crippen LogP contribution in [0, 0.1) is 0 Å². The zero-order valence-electron chi connectivity index (χ0n) is 12.3. The van der Waals surface area contributed by atoms with Gasteiger partial charge >= 0.3 is 0 Å². The Morgan fingerprint density at radius 1 is 1.00 bits per heavy atom. The van der Waals surface area contributed by atoms with E-state index in [-0.39, 0.29) is 12.5 Å². The van der Waals surface area contributed by atoms with Crippen molar-refractivity contribution in [3.63, 3.8) is 0 Å². The fraction of sp³-hybridized carbons (Fsp3) is 0.235. The molecule has 0 aliphatic carbocycles. The summed E-state index contributed by atoms with van der Waals surface area (Å²) in [6.45, 7) is 0.853. The number of benzene rings is 2. The van der Waals surface area contributed by atoms with E-state index in [1.54, 1.807) is 24.3 Å². The van der Waals surface area contributed by atoms with Crippen molar-refractivity contribution in [2.75, 3.05) is 19.4 Å². The molecule has 0 saturated heterocycles. The molecule has 0 aromatic heterocycles. The third-order valence-corrected chi connectivity index (χ3v) is 3.11. The Kier molecular flexibility index (Phi) is 5.09. The highest BCUT2D eigenvalue weighted by molar-refractivity contribution is 6.04. The van der Waals surface area contributed by atoms with Gasteiger partial charge in [0, 0.05) is 17.8 Å². The topological polar surface area (TPSA) is 52.6 Å². The number of carbonyl (C=O) groups excluding carboxylic acids is 1. The van der Waals surface area contributed by atoms with Crippen LogP contribution in [0.1, 0.15) is 21.5 Å². The molecule has 0 aliphatic heterocycles. The van der Waals surface area contributed by atoms with Gasteiger partial charge in [-0.15, -0.1) is 0 Å². The Balaban J connectivity index is 2.02. The molecule has 21 heavy (non-hydrogen) atoms. The third-order valence-electron chi connectivity index (χ3n) is 3.11. The van der Waals surface area contributed by atoms with Gasteiger partial charge in [0.05, 0.1) is 6.61 Å². The van der Waals surface area contributed by atoms with Crippen LogP contribution in [0.25, 0.3) is 0 Å². The van der Waals surface area contributed by atoms with Crippen LogP contribution in [-0.2, 0) is 13.2 Å². The fourth-order valence-electron chi connectivity index (χ4n) is 2.02. The van der Waals surface area contributed by atoms with Gasteiger partial charge < -0.3 is 15.3 Å². The smallest absolute Gasteiger partial charge is 0.255 e. The summed E-state index contributed by atoms with van der Waals surface area (Å²) < 4.78 is 0. The number of amides is 1. The van der Waals surface area contributed by atoms with Crippen LogP contribution in [0.3, 0.4) is 0 Å². The molecule has 0 radical (unpaired) electrons. The quantitative estimate of drug-likeness (QED) is 0.887. The summed E-state index contributed by atoms with van der Waals surface area (Å²) in [5.74, 6) is -0.136. The maximum Gasteiger partial charge on any atom is 0.255 e. The Labute approximate surface area is 125 Å². The molecule has 2 aromatic rings. The van der Waals surface area contributed by atoms with Crippen molar-refractivity contribution in [2.45, 2.75) is 13.2 Å². The molecule has 2 rings (SSSR count). The van der Waals surface area contributed by atoms with Crippen LogP contribution >= 0.6 is 0 Å². The number of hydrogen-bond donors (Lipinski definition) is 2. The first kappa shape index (κ1) is 15.2. The number of aliphatic hydroxyl groups is 1. The average Bonchev–Trinajstić information content (AvgIpc) is 2.48. The summed E-state index contributed by atoms with van der Waals surface area (Å²) in [4.78, 5) is 14.2. The minimum atomic E-state index is -0.136. The van der Waals surface area contributed by atoms with Gasteiger partial charge in [-0.1, -0.05) is 24.3 Å². The molecule has 2 aromatic carbocycles. The van der Waals surface area contributed by atoms with Crippen LogP contribution in [0.15, 0.2) is 48.5 Å². The van der Waals surface area contributed by atoms with Gasteiger partial charge in [0.2, 0.25) is 0 Å². The molecule has 4 nitrogen and oxygen atoms in total. The molecule has 1 amide bonds.